The lowest BCUT2D eigenvalue weighted by Crippen LogP contribution is -2.17. The molecule has 7 heteroatoms. The number of phenolic OH excluding ortho intramolecular Hbond substituents is 1. The number of hydrogen-bond acceptors (Lipinski definition) is 6. The summed E-state index contributed by atoms with van der Waals surface area (Å²) >= 11 is 0. The zero-order valence-electron chi connectivity index (χ0n) is 16.7. The van der Waals surface area contributed by atoms with Gasteiger partial charge >= 0.3 is 5.97 Å². The Labute approximate surface area is 160 Å². The summed E-state index contributed by atoms with van der Waals surface area (Å²) in [5.74, 6) is -0.729. The first-order valence-corrected chi connectivity index (χ1v) is 9.10. The van der Waals surface area contributed by atoms with Crippen molar-refractivity contribution in [3.63, 3.8) is 0 Å². The fourth-order valence-corrected chi connectivity index (χ4v) is 2.63. The van der Waals surface area contributed by atoms with Crippen LogP contribution in [0.15, 0.2) is 12.1 Å². The molecular formula is C20H32O7. The van der Waals surface area contributed by atoms with Crippen molar-refractivity contribution in [2.24, 2.45) is 0 Å². The number of aliphatic hydroxyl groups is 1. The van der Waals surface area contributed by atoms with Crippen molar-refractivity contribution in [2.75, 3.05) is 39.6 Å². The molecule has 0 aliphatic carbocycles. The SMILES string of the molecule is Cc1cc(C(CC(=O)O)OCCOCCOCCO)cc(C(C)(C)C)c1O. The van der Waals surface area contributed by atoms with Crippen LogP contribution in [0.5, 0.6) is 5.75 Å². The highest BCUT2D eigenvalue weighted by Crippen LogP contribution is 2.36. The summed E-state index contributed by atoms with van der Waals surface area (Å²) in [5, 5.41) is 28.2. The van der Waals surface area contributed by atoms with Gasteiger partial charge in [0.2, 0.25) is 0 Å². The van der Waals surface area contributed by atoms with E-state index in [0.717, 1.165) is 11.1 Å². The van der Waals surface area contributed by atoms with Crippen LogP contribution in [-0.2, 0) is 24.4 Å². The number of aliphatic hydroxyl groups excluding tert-OH is 1. The van der Waals surface area contributed by atoms with Gasteiger partial charge in [0.15, 0.2) is 0 Å². The molecule has 1 aromatic rings. The first-order valence-electron chi connectivity index (χ1n) is 9.10. The van der Waals surface area contributed by atoms with Crippen LogP contribution in [0.1, 0.15) is 50.0 Å². The largest absolute Gasteiger partial charge is 0.507 e. The maximum absolute atomic E-state index is 11.3. The van der Waals surface area contributed by atoms with E-state index in [2.05, 4.69) is 0 Å². The van der Waals surface area contributed by atoms with E-state index in [-0.39, 0.29) is 37.4 Å². The summed E-state index contributed by atoms with van der Waals surface area (Å²) < 4.78 is 16.2. The van der Waals surface area contributed by atoms with E-state index in [4.69, 9.17) is 19.3 Å². The molecule has 27 heavy (non-hydrogen) atoms. The van der Waals surface area contributed by atoms with Crippen molar-refractivity contribution in [3.05, 3.63) is 28.8 Å². The van der Waals surface area contributed by atoms with E-state index in [0.29, 0.717) is 25.4 Å². The van der Waals surface area contributed by atoms with Crippen molar-refractivity contribution >= 4 is 5.97 Å². The van der Waals surface area contributed by atoms with Crippen molar-refractivity contribution < 1.29 is 34.3 Å². The molecule has 0 spiro atoms. The van der Waals surface area contributed by atoms with Gasteiger partial charge in [-0.05, 0) is 41.2 Å². The molecule has 0 saturated heterocycles. The summed E-state index contributed by atoms with van der Waals surface area (Å²) in [4.78, 5) is 11.3. The molecule has 0 saturated carbocycles. The Morgan fingerprint density at radius 3 is 2.22 bits per heavy atom. The molecule has 0 amide bonds. The van der Waals surface area contributed by atoms with E-state index in [9.17, 15) is 15.0 Å². The Bertz CT molecular complexity index is 593. The Balaban J connectivity index is 2.74. The van der Waals surface area contributed by atoms with E-state index < -0.39 is 12.1 Å². The number of aliphatic carboxylic acids is 1. The number of carboxylic acid groups (broad SMARTS) is 1. The van der Waals surface area contributed by atoms with Crippen LogP contribution in [0.2, 0.25) is 0 Å². The number of ether oxygens (including phenoxy) is 3. The second kappa shape index (κ2) is 11.2. The van der Waals surface area contributed by atoms with Gasteiger partial charge in [0.1, 0.15) is 5.75 Å². The minimum Gasteiger partial charge on any atom is -0.507 e. The fraction of sp³-hybridized carbons (Fsp3) is 0.650. The van der Waals surface area contributed by atoms with Gasteiger partial charge in [-0.15, -0.1) is 0 Å². The summed E-state index contributed by atoms with van der Waals surface area (Å²) in [6.45, 7) is 9.32. The Hall–Kier alpha value is -1.67. The Morgan fingerprint density at radius 2 is 1.67 bits per heavy atom. The van der Waals surface area contributed by atoms with Crippen LogP contribution in [0.25, 0.3) is 0 Å². The first-order chi connectivity index (χ1) is 12.7. The molecule has 1 aromatic carbocycles. The molecule has 0 aliphatic rings. The van der Waals surface area contributed by atoms with Crippen LogP contribution >= 0.6 is 0 Å². The predicted octanol–water partition coefficient (Wildman–Crippen LogP) is 2.56. The standard InChI is InChI=1S/C20H32O7/c1-14-11-15(12-16(19(14)24)20(2,3)4)17(13-18(22)23)27-10-9-26-8-7-25-6-5-21/h11-12,17,21,24H,5-10,13H2,1-4H3,(H,22,23). The van der Waals surface area contributed by atoms with Crippen LogP contribution in [0.3, 0.4) is 0 Å². The molecule has 7 nitrogen and oxygen atoms in total. The average Bonchev–Trinajstić information content (AvgIpc) is 2.57. The lowest BCUT2D eigenvalue weighted by molar-refractivity contribution is -0.140. The predicted molar refractivity (Wildman–Crippen MR) is 101 cm³/mol. The van der Waals surface area contributed by atoms with E-state index in [1.807, 2.05) is 26.8 Å². The van der Waals surface area contributed by atoms with E-state index in [1.165, 1.54) is 0 Å². The van der Waals surface area contributed by atoms with Gasteiger partial charge in [0.25, 0.3) is 0 Å². The maximum atomic E-state index is 11.3. The second-order valence-electron chi connectivity index (χ2n) is 7.39. The second-order valence-corrected chi connectivity index (χ2v) is 7.39. The molecule has 0 fully saturated rings. The van der Waals surface area contributed by atoms with E-state index >= 15 is 0 Å². The highest BCUT2D eigenvalue weighted by molar-refractivity contribution is 5.68. The summed E-state index contributed by atoms with van der Waals surface area (Å²) in [7, 11) is 0. The molecule has 1 rings (SSSR count). The van der Waals surface area contributed by atoms with Gasteiger partial charge in [-0.1, -0.05) is 20.8 Å². The summed E-state index contributed by atoms with van der Waals surface area (Å²) in [6.07, 6.45) is -0.801. The zero-order chi connectivity index (χ0) is 20.4. The van der Waals surface area contributed by atoms with Crippen molar-refractivity contribution in [1.29, 1.82) is 0 Å². The summed E-state index contributed by atoms with van der Waals surface area (Å²) in [5.41, 5.74) is 1.89. The normalized spacial score (nSPS) is 12.9. The van der Waals surface area contributed by atoms with Crippen LogP contribution in [0.4, 0.5) is 0 Å². The maximum Gasteiger partial charge on any atom is 0.306 e. The van der Waals surface area contributed by atoms with Crippen LogP contribution in [-0.4, -0.2) is 60.9 Å². The number of carboxylic acids is 1. The highest BCUT2D eigenvalue weighted by Gasteiger charge is 2.24. The quantitative estimate of drug-likeness (QED) is 0.476. The molecule has 1 atom stereocenters. The number of aromatic hydroxyl groups is 1. The topological polar surface area (TPSA) is 105 Å². The Kier molecular flexibility index (Phi) is 9.73. The van der Waals surface area contributed by atoms with Crippen LogP contribution in [0, 0.1) is 6.92 Å². The van der Waals surface area contributed by atoms with Crippen molar-refractivity contribution in [2.45, 2.75) is 45.6 Å². The van der Waals surface area contributed by atoms with Crippen molar-refractivity contribution in [3.8, 4) is 5.75 Å². The number of rotatable bonds is 12. The molecule has 3 N–H and O–H groups in total. The number of hydrogen-bond donors (Lipinski definition) is 3. The molecule has 0 radical (unpaired) electrons. The molecule has 0 aliphatic heterocycles. The molecule has 1 unspecified atom stereocenters. The van der Waals surface area contributed by atoms with Crippen LogP contribution < -0.4 is 0 Å². The van der Waals surface area contributed by atoms with Gasteiger partial charge in [-0.25, -0.2) is 0 Å². The van der Waals surface area contributed by atoms with Gasteiger partial charge in [-0.2, -0.15) is 0 Å². The number of phenols is 1. The molecule has 154 valence electrons. The fourth-order valence-electron chi connectivity index (χ4n) is 2.63. The van der Waals surface area contributed by atoms with Gasteiger partial charge in [0, 0.05) is 0 Å². The monoisotopic (exact) mass is 384 g/mol. The van der Waals surface area contributed by atoms with Gasteiger partial charge in [-0.3, -0.25) is 4.79 Å². The third-order valence-corrected chi connectivity index (χ3v) is 4.02. The third-order valence-electron chi connectivity index (χ3n) is 4.02. The third kappa shape index (κ3) is 8.26. The average molecular weight is 384 g/mol. The zero-order valence-corrected chi connectivity index (χ0v) is 16.7. The number of aryl methyl sites for hydroxylation is 1. The van der Waals surface area contributed by atoms with E-state index in [1.54, 1.807) is 13.0 Å². The van der Waals surface area contributed by atoms with Gasteiger partial charge < -0.3 is 29.5 Å². The lowest BCUT2D eigenvalue weighted by atomic mass is 9.83. The Morgan fingerprint density at radius 1 is 1.07 bits per heavy atom. The summed E-state index contributed by atoms with van der Waals surface area (Å²) in [6, 6.07) is 3.58. The van der Waals surface area contributed by atoms with Gasteiger partial charge in [0.05, 0.1) is 52.2 Å². The lowest BCUT2D eigenvalue weighted by Gasteiger charge is -2.25. The molecule has 0 heterocycles. The molecular weight excluding hydrogens is 352 g/mol. The number of benzene rings is 1. The molecule has 0 bridgehead atoms. The number of carbonyl (C=O) groups is 1. The highest BCUT2D eigenvalue weighted by atomic mass is 16.5. The first kappa shape index (κ1) is 23.4. The minimum atomic E-state index is -0.957. The smallest absolute Gasteiger partial charge is 0.306 e. The van der Waals surface area contributed by atoms with Crippen molar-refractivity contribution in [1.82, 2.24) is 0 Å². The minimum absolute atomic E-state index is 0.0252. The molecule has 0 aromatic heterocycles.